The molecule has 0 bridgehead atoms. The van der Waals surface area contributed by atoms with E-state index in [1.54, 1.807) is 12.1 Å². The van der Waals surface area contributed by atoms with Crippen molar-refractivity contribution >= 4 is 87.4 Å². The maximum Gasteiger partial charge on any atom is 0.427 e. The monoisotopic (exact) mass is 692 g/mol. The minimum Gasteiger partial charge on any atom is -0.192 e. The third kappa shape index (κ3) is 5.32. The van der Waals surface area contributed by atoms with Crippen molar-refractivity contribution in [1.29, 1.82) is 21.0 Å². The SMILES string of the molecule is N#C/C(=C(/C#N)C(F)(F)F)c1ccc(-c2cc3c(ccc4c5cc(-c6ccc(/C(C#N)=C(\C#N)C(F)(F)F)s6)sc5ccc34)s2)s1. The lowest BCUT2D eigenvalue weighted by Crippen LogP contribution is -2.12. The summed E-state index contributed by atoms with van der Waals surface area (Å²) < 4.78 is 81.7. The average Bonchev–Trinajstić information content (AvgIpc) is 3.81. The summed E-state index contributed by atoms with van der Waals surface area (Å²) >= 11 is 4.85. The van der Waals surface area contributed by atoms with Crippen LogP contribution in [0.15, 0.2) is 71.8 Å². The molecule has 0 N–H and O–H groups in total. The molecule has 4 aromatic heterocycles. The van der Waals surface area contributed by atoms with E-state index in [1.165, 1.54) is 46.9 Å². The van der Waals surface area contributed by atoms with Crippen LogP contribution in [0.1, 0.15) is 9.75 Å². The molecule has 0 fully saturated rings. The highest BCUT2D eigenvalue weighted by Gasteiger charge is 2.38. The maximum atomic E-state index is 13.3. The number of alkyl halides is 6. The number of hydrogen-bond acceptors (Lipinski definition) is 8. The maximum absolute atomic E-state index is 13.3. The fourth-order valence-corrected chi connectivity index (χ4v) is 9.22. The molecule has 0 aliphatic carbocycles. The Morgan fingerprint density at radius 2 is 0.848 bits per heavy atom. The van der Waals surface area contributed by atoms with E-state index in [0.29, 0.717) is 9.75 Å². The lowest BCUT2D eigenvalue weighted by atomic mass is 10.0. The minimum absolute atomic E-state index is 0.0394. The van der Waals surface area contributed by atoms with Crippen molar-refractivity contribution in [3.05, 3.63) is 81.6 Å². The quantitative estimate of drug-likeness (QED) is 0.136. The van der Waals surface area contributed by atoms with E-state index >= 15 is 0 Å². The van der Waals surface area contributed by atoms with E-state index in [0.717, 1.165) is 75.5 Å². The molecule has 0 amide bonds. The highest BCUT2D eigenvalue weighted by Crippen LogP contribution is 2.46. The van der Waals surface area contributed by atoms with Gasteiger partial charge in [-0.3, -0.25) is 0 Å². The molecule has 0 saturated carbocycles. The van der Waals surface area contributed by atoms with Crippen molar-refractivity contribution in [1.82, 2.24) is 0 Å². The molecule has 2 aromatic carbocycles. The van der Waals surface area contributed by atoms with E-state index in [2.05, 4.69) is 0 Å². The second-order valence-corrected chi connectivity index (χ2v) is 13.9. The van der Waals surface area contributed by atoms with Gasteiger partial charge in [0.05, 0.1) is 11.1 Å². The molecule has 6 rings (SSSR count). The molecule has 4 nitrogen and oxygen atoms in total. The normalized spacial score (nSPS) is 13.2. The molecule has 6 aromatic rings. The van der Waals surface area contributed by atoms with Crippen LogP contribution in [0.2, 0.25) is 0 Å². The number of thiophene rings is 4. The first kappa shape index (κ1) is 31.0. The molecule has 14 heteroatoms. The summed E-state index contributed by atoms with van der Waals surface area (Å²) in [5, 5.41) is 40.5. The summed E-state index contributed by atoms with van der Waals surface area (Å²) in [6.07, 6.45) is -9.91. The molecule has 0 radical (unpaired) electrons. The van der Waals surface area contributed by atoms with Gasteiger partial charge in [-0.05, 0) is 59.3 Å². The lowest BCUT2D eigenvalue weighted by Gasteiger charge is -2.05. The molecule has 4 heterocycles. The van der Waals surface area contributed by atoms with Gasteiger partial charge in [-0.2, -0.15) is 47.4 Å². The fourth-order valence-electron chi connectivity index (χ4n) is 4.89. The number of fused-ring (bicyclic) bond motifs is 5. The Bertz CT molecular complexity index is 2280. The number of hydrogen-bond donors (Lipinski definition) is 0. The van der Waals surface area contributed by atoms with Gasteiger partial charge in [0.2, 0.25) is 0 Å². The minimum atomic E-state index is -4.95. The van der Waals surface area contributed by atoms with Gasteiger partial charge in [0.15, 0.2) is 11.1 Å². The molecular weight excluding hydrogens is 683 g/mol. The van der Waals surface area contributed by atoms with Crippen LogP contribution in [0.3, 0.4) is 0 Å². The third-order valence-corrected chi connectivity index (χ3v) is 11.7. The van der Waals surface area contributed by atoms with Crippen LogP contribution >= 0.6 is 45.3 Å². The van der Waals surface area contributed by atoms with Gasteiger partial charge in [0.25, 0.3) is 0 Å². The molecular formula is C32H10F6N4S4. The average molecular weight is 693 g/mol. The second-order valence-electron chi connectivity index (χ2n) is 9.54. The Morgan fingerprint density at radius 1 is 0.457 bits per heavy atom. The predicted octanol–water partition coefficient (Wildman–Crippen LogP) is 11.5. The summed E-state index contributed by atoms with van der Waals surface area (Å²) in [4.78, 5) is 2.90. The highest BCUT2D eigenvalue weighted by atomic mass is 32.1. The van der Waals surface area contributed by atoms with E-state index in [1.807, 2.05) is 36.4 Å². The molecule has 0 aliphatic rings. The standard InChI is InChI=1S/C32H10F6N4S4/c33-31(34,35)21(13-41)19(11-39)25-5-7-27(43-25)29-9-17-15-1-3-23-18(16(15)2-4-24(17)46-29)10-30(45-23)28-8-6-26(44-28)20(12-40)22(14-42)32(36,37)38/h1-10H/b21-19+,22-20+. The van der Waals surface area contributed by atoms with Crippen molar-refractivity contribution in [2.45, 2.75) is 12.4 Å². The van der Waals surface area contributed by atoms with Crippen LogP contribution in [-0.4, -0.2) is 12.4 Å². The molecule has 0 spiro atoms. The fraction of sp³-hybridized carbons (Fsp3) is 0.0625. The van der Waals surface area contributed by atoms with Crippen molar-refractivity contribution < 1.29 is 26.3 Å². The smallest absolute Gasteiger partial charge is 0.192 e. The third-order valence-electron chi connectivity index (χ3n) is 6.90. The molecule has 0 saturated heterocycles. The van der Waals surface area contributed by atoms with Crippen LogP contribution in [0.5, 0.6) is 0 Å². The Balaban J connectivity index is 1.41. The van der Waals surface area contributed by atoms with Crippen molar-refractivity contribution in [3.8, 4) is 43.8 Å². The summed E-state index contributed by atoms with van der Waals surface area (Å²) in [6, 6.07) is 22.9. The number of allylic oxidation sites excluding steroid dienone is 4. The van der Waals surface area contributed by atoms with E-state index < -0.39 is 34.6 Å². The van der Waals surface area contributed by atoms with Crippen molar-refractivity contribution in [2.75, 3.05) is 0 Å². The zero-order valence-electron chi connectivity index (χ0n) is 22.5. The van der Waals surface area contributed by atoms with Crippen molar-refractivity contribution in [2.24, 2.45) is 0 Å². The number of halogens is 6. The van der Waals surface area contributed by atoms with Gasteiger partial charge in [-0.15, -0.1) is 45.3 Å². The molecule has 46 heavy (non-hydrogen) atoms. The van der Waals surface area contributed by atoms with Crippen LogP contribution in [0.25, 0.3) is 61.6 Å². The Kier molecular flexibility index (Phi) is 7.72. The number of nitriles is 4. The van der Waals surface area contributed by atoms with Crippen LogP contribution in [-0.2, 0) is 0 Å². The van der Waals surface area contributed by atoms with E-state index in [-0.39, 0.29) is 9.75 Å². The van der Waals surface area contributed by atoms with Gasteiger partial charge in [0.1, 0.15) is 24.3 Å². The summed E-state index contributed by atoms with van der Waals surface area (Å²) in [5.41, 5.74) is -4.54. The largest absolute Gasteiger partial charge is 0.427 e. The van der Waals surface area contributed by atoms with E-state index in [4.69, 9.17) is 10.5 Å². The molecule has 0 aliphatic heterocycles. The summed E-state index contributed by atoms with van der Waals surface area (Å²) in [5.74, 6) is 0. The Hall–Kier alpha value is -4.96. The summed E-state index contributed by atoms with van der Waals surface area (Å²) in [7, 11) is 0. The topological polar surface area (TPSA) is 95.2 Å². The first-order valence-electron chi connectivity index (χ1n) is 12.7. The molecule has 0 atom stereocenters. The predicted molar refractivity (Wildman–Crippen MR) is 170 cm³/mol. The van der Waals surface area contributed by atoms with Gasteiger partial charge in [0, 0.05) is 49.4 Å². The first-order valence-corrected chi connectivity index (χ1v) is 16.0. The summed E-state index contributed by atoms with van der Waals surface area (Å²) in [6.45, 7) is 0. The van der Waals surface area contributed by atoms with Gasteiger partial charge in [-0.1, -0.05) is 12.1 Å². The molecule has 0 unspecified atom stereocenters. The Labute approximate surface area is 271 Å². The molecule has 224 valence electrons. The zero-order chi connectivity index (χ0) is 33.0. The van der Waals surface area contributed by atoms with Crippen LogP contribution in [0.4, 0.5) is 26.3 Å². The lowest BCUT2D eigenvalue weighted by molar-refractivity contribution is -0.0876. The number of nitrogens with zero attached hydrogens (tertiary/aromatic N) is 4. The number of rotatable bonds is 4. The first-order chi connectivity index (χ1) is 21.9. The van der Waals surface area contributed by atoms with Gasteiger partial charge < -0.3 is 0 Å². The second kappa shape index (κ2) is 11.4. The zero-order valence-corrected chi connectivity index (χ0v) is 25.7. The van der Waals surface area contributed by atoms with E-state index in [9.17, 15) is 36.9 Å². The van der Waals surface area contributed by atoms with Gasteiger partial charge in [-0.25, -0.2) is 0 Å². The highest BCUT2D eigenvalue weighted by molar-refractivity contribution is 7.27. The Morgan fingerprint density at radius 3 is 1.17 bits per heavy atom. The van der Waals surface area contributed by atoms with Crippen LogP contribution in [0, 0.1) is 45.3 Å². The number of benzene rings is 2. The van der Waals surface area contributed by atoms with Crippen molar-refractivity contribution in [3.63, 3.8) is 0 Å². The van der Waals surface area contributed by atoms with Gasteiger partial charge >= 0.3 is 12.4 Å². The van der Waals surface area contributed by atoms with Crippen LogP contribution < -0.4 is 0 Å².